The van der Waals surface area contributed by atoms with E-state index in [1.807, 2.05) is 6.20 Å². The van der Waals surface area contributed by atoms with E-state index >= 15 is 0 Å². The summed E-state index contributed by atoms with van der Waals surface area (Å²) < 4.78 is 0. The number of nitrogens with zero attached hydrogens (tertiary/aromatic N) is 2. The molecule has 0 spiro atoms. The van der Waals surface area contributed by atoms with Gasteiger partial charge in [0.1, 0.15) is 5.82 Å². The molecule has 3 nitrogen and oxygen atoms in total. The van der Waals surface area contributed by atoms with Crippen LogP contribution < -0.4 is 10.2 Å². The van der Waals surface area contributed by atoms with Crippen LogP contribution in [0, 0.1) is 5.92 Å². The van der Waals surface area contributed by atoms with Crippen molar-refractivity contribution in [2.75, 3.05) is 18.0 Å². The van der Waals surface area contributed by atoms with Gasteiger partial charge in [0.05, 0.1) is 0 Å². The van der Waals surface area contributed by atoms with Gasteiger partial charge in [0.15, 0.2) is 0 Å². The highest BCUT2D eigenvalue weighted by Crippen LogP contribution is 2.32. The molecule has 1 aliphatic rings. The zero-order valence-corrected chi connectivity index (χ0v) is 12.7. The topological polar surface area (TPSA) is 28.2 Å². The van der Waals surface area contributed by atoms with E-state index in [0.717, 1.165) is 24.9 Å². The average molecular weight is 261 g/mol. The molecule has 1 fully saturated rings. The van der Waals surface area contributed by atoms with E-state index in [1.54, 1.807) is 0 Å². The molecule has 0 aromatic carbocycles. The minimum Gasteiger partial charge on any atom is -0.353 e. The standard InChI is InChI=1S/C16H27N3/c1-5-17-13(4)14-8-9-18-16(10-14)19(11-12(2)3)15-6-7-15/h8-10,12-13,15,17H,5-7,11H2,1-4H3. The maximum atomic E-state index is 4.59. The zero-order chi connectivity index (χ0) is 13.8. The molecule has 1 unspecified atom stereocenters. The third-order valence-electron chi connectivity index (χ3n) is 3.62. The van der Waals surface area contributed by atoms with Crippen LogP contribution in [0.1, 0.15) is 52.1 Å². The summed E-state index contributed by atoms with van der Waals surface area (Å²) in [5.41, 5.74) is 1.33. The Labute approximate surface area is 117 Å². The van der Waals surface area contributed by atoms with Crippen LogP contribution in [0.5, 0.6) is 0 Å². The molecular formula is C16H27N3. The maximum absolute atomic E-state index is 4.59. The molecule has 1 atom stereocenters. The van der Waals surface area contributed by atoms with Crippen LogP contribution in [-0.2, 0) is 0 Å². The van der Waals surface area contributed by atoms with Gasteiger partial charge >= 0.3 is 0 Å². The summed E-state index contributed by atoms with van der Waals surface area (Å²) >= 11 is 0. The monoisotopic (exact) mass is 261 g/mol. The number of aromatic nitrogens is 1. The van der Waals surface area contributed by atoms with Gasteiger partial charge in [-0.3, -0.25) is 0 Å². The van der Waals surface area contributed by atoms with Crippen LogP contribution in [0.2, 0.25) is 0 Å². The van der Waals surface area contributed by atoms with Gasteiger partial charge in [0.2, 0.25) is 0 Å². The lowest BCUT2D eigenvalue weighted by atomic mass is 10.1. The van der Waals surface area contributed by atoms with Gasteiger partial charge in [0.25, 0.3) is 0 Å². The summed E-state index contributed by atoms with van der Waals surface area (Å²) in [6, 6.07) is 5.50. The van der Waals surface area contributed by atoms with Crippen LogP contribution in [0.4, 0.5) is 5.82 Å². The Morgan fingerprint density at radius 2 is 2.11 bits per heavy atom. The van der Waals surface area contributed by atoms with Crippen molar-refractivity contribution in [1.29, 1.82) is 0 Å². The molecule has 19 heavy (non-hydrogen) atoms. The molecular weight excluding hydrogens is 234 g/mol. The van der Waals surface area contributed by atoms with Gasteiger partial charge in [-0.1, -0.05) is 20.8 Å². The fraction of sp³-hybridized carbons (Fsp3) is 0.688. The second-order valence-electron chi connectivity index (χ2n) is 6.00. The van der Waals surface area contributed by atoms with Crippen molar-refractivity contribution in [3.63, 3.8) is 0 Å². The van der Waals surface area contributed by atoms with Crippen LogP contribution in [-0.4, -0.2) is 24.1 Å². The molecule has 0 aliphatic heterocycles. The first kappa shape index (κ1) is 14.3. The van der Waals surface area contributed by atoms with Crippen LogP contribution in [0.3, 0.4) is 0 Å². The Morgan fingerprint density at radius 3 is 2.68 bits per heavy atom. The van der Waals surface area contributed by atoms with Crippen molar-refractivity contribution in [2.45, 2.75) is 52.6 Å². The van der Waals surface area contributed by atoms with Gasteiger partial charge in [-0.05, 0) is 49.9 Å². The minimum absolute atomic E-state index is 0.395. The number of hydrogen-bond donors (Lipinski definition) is 1. The second-order valence-corrected chi connectivity index (χ2v) is 6.00. The number of hydrogen-bond acceptors (Lipinski definition) is 3. The summed E-state index contributed by atoms with van der Waals surface area (Å²) in [6.07, 6.45) is 4.59. The highest BCUT2D eigenvalue weighted by atomic mass is 15.2. The van der Waals surface area contributed by atoms with Crippen molar-refractivity contribution in [3.05, 3.63) is 23.9 Å². The number of nitrogens with one attached hydrogen (secondary N) is 1. The molecule has 0 radical (unpaired) electrons. The Balaban J connectivity index is 2.15. The molecule has 1 aromatic rings. The highest BCUT2D eigenvalue weighted by Gasteiger charge is 2.30. The SMILES string of the molecule is CCNC(C)c1ccnc(N(CC(C)C)C2CC2)c1. The van der Waals surface area contributed by atoms with E-state index in [9.17, 15) is 0 Å². The Hall–Kier alpha value is -1.09. The quantitative estimate of drug-likeness (QED) is 0.815. The Bertz CT molecular complexity index is 399. The number of rotatable bonds is 7. The van der Waals surface area contributed by atoms with Crippen molar-refractivity contribution in [2.24, 2.45) is 5.92 Å². The lowest BCUT2D eigenvalue weighted by molar-refractivity contribution is 0.590. The fourth-order valence-electron chi connectivity index (χ4n) is 2.49. The van der Waals surface area contributed by atoms with Gasteiger partial charge in [-0.15, -0.1) is 0 Å². The summed E-state index contributed by atoms with van der Waals surface area (Å²) in [6.45, 7) is 11.0. The first-order valence-electron chi connectivity index (χ1n) is 7.57. The average Bonchev–Trinajstić information content (AvgIpc) is 3.20. The molecule has 1 heterocycles. The second kappa shape index (κ2) is 6.38. The summed E-state index contributed by atoms with van der Waals surface area (Å²) in [5, 5.41) is 3.47. The molecule has 0 saturated heterocycles. The van der Waals surface area contributed by atoms with Gasteiger partial charge in [-0.25, -0.2) is 4.98 Å². The smallest absolute Gasteiger partial charge is 0.129 e. The summed E-state index contributed by atoms with van der Waals surface area (Å²) in [7, 11) is 0. The lowest BCUT2D eigenvalue weighted by Crippen LogP contribution is -2.30. The first-order chi connectivity index (χ1) is 9.11. The summed E-state index contributed by atoms with van der Waals surface area (Å²) in [4.78, 5) is 7.09. The molecule has 1 saturated carbocycles. The van der Waals surface area contributed by atoms with Crippen molar-refractivity contribution < 1.29 is 0 Å². The Kier molecular flexibility index (Phi) is 4.81. The maximum Gasteiger partial charge on any atom is 0.129 e. The number of pyridine rings is 1. The third-order valence-corrected chi connectivity index (χ3v) is 3.62. The predicted molar refractivity (Wildman–Crippen MR) is 81.5 cm³/mol. The molecule has 1 N–H and O–H groups in total. The molecule has 3 heteroatoms. The third kappa shape index (κ3) is 3.93. The molecule has 0 bridgehead atoms. The van der Waals surface area contributed by atoms with Crippen molar-refractivity contribution in [3.8, 4) is 0 Å². The lowest BCUT2D eigenvalue weighted by Gasteiger charge is -2.26. The summed E-state index contributed by atoms with van der Waals surface area (Å²) in [5.74, 6) is 1.83. The van der Waals surface area contributed by atoms with Crippen LogP contribution >= 0.6 is 0 Å². The molecule has 1 aliphatic carbocycles. The highest BCUT2D eigenvalue weighted by molar-refractivity contribution is 5.44. The van der Waals surface area contributed by atoms with Crippen molar-refractivity contribution >= 4 is 5.82 Å². The number of anilines is 1. The predicted octanol–water partition coefficient (Wildman–Crippen LogP) is 3.38. The molecule has 2 rings (SSSR count). The Morgan fingerprint density at radius 1 is 1.37 bits per heavy atom. The minimum atomic E-state index is 0.395. The molecule has 0 amide bonds. The van der Waals surface area contributed by atoms with E-state index in [2.05, 4.69) is 55.0 Å². The molecule has 106 valence electrons. The normalized spacial score (nSPS) is 16.7. The fourth-order valence-corrected chi connectivity index (χ4v) is 2.49. The van der Waals surface area contributed by atoms with Gasteiger partial charge < -0.3 is 10.2 Å². The zero-order valence-electron chi connectivity index (χ0n) is 12.7. The van der Waals surface area contributed by atoms with Gasteiger partial charge in [-0.2, -0.15) is 0 Å². The molecule has 1 aromatic heterocycles. The van der Waals surface area contributed by atoms with E-state index in [0.29, 0.717) is 12.0 Å². The van der Waals surface area contributed by atoms with Crippen LogP contribution in [0.25, 0.3) is 0 Å². The van der Waals surface area contributed by atoms with E-state index in [4.69, 9.17) is 0 Å². The van der Waals surface area contributed by atoms with Gasteiger partial charge in [0, 0.05) is 24.8 Å². The van der Waals surface area contributed by atoms with E-state index in [1.165, 1.54) is 18.4 Å². The van der Waals surface area contributed by atoms with E-state index in [-0.39, 0.29) is 0 Å². The van der Waals surface area contributed by atoms with E-state index < -0.39 is 0 Å². The largest absolute Gasteiger partial charge is 0.353 e. The first-order valence-corrected chi connectivity index (χ1v) is 7.57. The van der Waals surface area contributed by atoms with Crippen molar-refractivity contribution in [1.82, 2.24) is 10.3 Å². The van der Waals surface area contributed by atoms with Crippen LogP contribution in [0.15, 0.2) is 18.3 Å².